The van der Waals surface area contributed by atoms with E-state index in [1.165, 1.54) is 4.90 Å². The van der Waals surface area contributed by atoms with E-state index in [2.05, 4.69) is 0 Å². The molecule has 162 valence electrons. The molecule has 0 bridgehead atoms. The highest BCUT2D eigenvalue weighted by atomic mass is 35.5. The number of carbonyl (C=O) groups is 2. The molecule has 0 fully saturated rings. The summed E-state index contributed by atoms with van der Waals surface area (Å²) in [6.07, 6.45) is -0.705. The Hall–Kier alpha value is -1.95. The van der Waals surface area contributed by atoms with Crippen LogP contribution < -0.4 is 4.74 Å². The van der Waals surface area contributed by atoms with Crippen LogP contribution in [0.1, 0.15) is 60.5 Å². The summed E-state index contributed by atoms with van der Waals surface area (Å²) in [6.45, 7) is 15.3. The SMILES string of the molecule is CC.CC.CCC(C(=O)O)N(CCOc1ccc(Cl)cc1C)C(=O)OC(C)C. The van der Waals surface area contributed by atoms with Crippen molar-refractivity contribution in [3.05, 3.63) is 28.8 Å². The number of amides is 1. The Balaban J connectivity index is 0. The molecule has 28 heavy (non-hydrogen) atoms. The van der Waals surface area contributed by atoms with E-state index >= 15 is 0 Å². The molecule has 0 spiro atoms. The number of aliphatic carboxylic acids is 1. The molecule has 1 rings (SSSR count). The number of halogens is 1. The minimum Gasteiger partial charge on any atom is -0.491 e. The number of carbonyl (C=O) groups excluding carboxylic acids is 1. The fraction of sp³-hybridized carbons (Fsp3) is 0.619. The second-order valence-electron chi connectivity index (χ2n) is 5.65. The van der Waals surface area contributed by atoms with Gasteiger partial charge < -0.3 is 14.6 Å². The zero-order chi connectivity index (χ0) is 22.3. The third kappa shape index (κ3) is 10.4. The quantitative estimate of drug-likeness (QED) is 0.579. The molecule has 1 atom stereocenters. The van der Waals surface area contributed by atoms with E-state index in [4.69, 9.17) is 21.1 Å². The molecule has 0 aliphatic rings. The van der Waals surface area contributed by atoms with Crippen LogP contribution >= 0.6 is 11.6 Å². The van der Waals surface area contributed by atoms with Gasteiger partial charge in [0.1, 0.15) is 18.4 Å². The van der Waals surface area contributed by atoms with Crippen LogP contribution in [-0.2, 0) is 9.53 Å². The van der Waals surface area contributed by atoms with Gasteiger partial charge in [-0.2, -0.15) is 0 Å². The van der Waals surface area contributed by atoms with Crippen LogP contribution in [0.15, 0.2) is 18.2 Å². The highest BCUT2D eigenvalue weighted by molar-refractivity contribution is 6.30. The molecule has 1 aromatic carbocycles. The van der Waals surface area contributed by atoms with Crippen molar-refractivity contribution in [2.75, 3.05) is 13.2 Å². The zero-order valence-corrected chi connectivity index (χ0v) is 19.2. The maximum atomic E-state index is 12.2. The van der Waals surface area contributed by atoms with E-state index in [-0.39, 0.29) is 25.7 Å². The summed E-state index contributed by atoms with van der Waals surface area (Å²) >= 11 is 5.90. The van der Waals surface area contributed by atoms with Crippen LogP contribution in [0.25, 0.3) is 0 Å². The van der Waals surface area contributed by atoms with Gasteiger partial charge in [-0.05, 0) is 51.0 Å². The lowest BCUT2D eigenvalue weighted by molar-refractivity contribution is -0.143. The van der Waals surface area contributed by atoms with Crippen LogP contribution in [0.5, 0.6) is 5.75 Å². The molecule has 0 aliphatic heterocycles. The average Bonchev–Trinajstić information content (AvgIpc) is 2.65. The van der Waals surface area contributed by atoms with Crippen LogP contribution in [0.3, 0.4) is 0 Å². The molecule has 0 radical (unpaired) electrons. The van der Waals surface area contributed by atoms with Gasteiger partial charge in [0.25, 0.3) is 0 Å². The van der Waals surface area contributed by atoms with Gasteiger partial charge in [-0.1, -0.05) is 46.2 Å². The predicted octanol–water partition coefficient (Wildman–Crippen LogP) is 5.79. The van der Waals surface area contributed by atoms with Crippen molar-refractivity contribution in [1.29, 1.82) is 0 Å². The van der Waals surface area contributed by atoms with E-state index in [9.17, 15) is 14.7 Å². The Morgan fingerprint density at radius 3 is 2.18 bits per heavy atom. The molecule has 0 saturated heterocycles. The van der Waals surface area contributed by atoms with E-state index in [0.29, 0.717) is 10.8 Å². The second kappa shape index (κ2) is 16.0. The summed E-state index contributed by atoms with van der Waals surface area (Å²) in [5, 5.41) is 9.92. The monoisotopic (exact) mass is 417 g/mol. The molecule has 1 amide bonds. The first-order valence-electron chi connectivity index (χ1n) is 9.85. The Kier molecular flexibility index (Phi) is 16.2. The molecule has 1 N–H and O–H groups in total. The van der Waals surface area contributed by atoms with Gasteiger partial charge in [-0.3, -0.25) is 4.90 Å². The third-order valence-electron chi connectivity index (χ3n) is 3.35. The smallest absolute Gasteiger partial charge is 0.410 e. The fourth-order valence-corrected chi connectivity index (χ4v) is 2.43. The van der Waals surface area contributed by atoms with E-state index in [1.54, 1.807) is 39.0 Å². The van der Waals surface area contributed by atoms with Crippen molar-refractivity contribution < 1.29 is 24.2 Å². The molecule has 1 aromatic rings. The zero-order valence-electron chi connectivity index (χ0n) is 18.4. The number of rotatable bonds is 8. The number of hydrogen-bond donors (Lipinski definition) is 1. The number of ether oxygens (including phenoxy) is 2. The Morgan fingerprint density at radius 1 is 1.18 bits per heavy atom. The number of benzene rings is 1. The first-order valence-corrected chi connectivity index (χ1v) is 10.2. The second-order valence-corrected chi connectivity index (χ2v) is 6.08. The van der Waals surface area contributed by atoms with Gasteiger partial charge in [-0.15, -0.1) is 0 Å². The summed E-state index contributed by atoms with van der Waals surface area (Å²) in [4.78, 5) is 24.7. The van der Waals surface area contributed by atoms with Crippen LogP contribution in [0.2, 0.25) is 5.02 Å². The topological polar surface area (TPSA) is 76.1 Å². The van der Waals surface area contributed by atoms with E-state index in [1.807, 2.05) is 34.6 Å². The first-order chi connectivity index (χ1) is 13.3. The van der Waals surface area contributed by atoms with Gasteiger partial charge in [0.2, 0.25) is 0 Å². The fourth-order valence-electron chi connectivity index (χ4n) is 2.20. The lowest BCUT2D eigenvalue weighted by Crippen LogP contribution is -2.47. The van der Waals surface area contributed by atoms with Crippen molar-refractivity contribution in [3.63, 3.8) is 0 Å². The van der Waals surface area contributed by atoms with Crippen LogP contribution in [0, 0.1) is 6.92 Å². The summed E-state index contributed by atoms with van der Waals surface area (Å²) in [5.41, 5.74) is 0.865. The van der Waals surface area contributed by atoms with Gasteiger partial charge in [0, 0.05) is 5.02 Å². The third-order valence-corrected chi connectivity index (χ3v) is 3.58. The van der Waals surface area contributed by atoms with Crippen molar-refractivity contribution in [3.8, 4) is 5.75 Å². The first kappa shape index (κ1) is 28.3. The summed E-state index contributed by atoms with van der Waals surface area (Å²) in [6, 6.07) is 4.27. The lowest BCUT2D eigenvalue weighted by Gasteiger charge is -2.28. The lowest BCUT2D eigenvalue weighted by atomic mass is 10.2. The van der Waals surface area contributed by atoms with Crippen LogP contribution in [-0.4, -0.2) is 47.4 Å². The van der Waals surface area contributed by atoms with Gasteiger partial charge >= 0.3 is 12.1 Å². The standard InChI is InChI=1S/C17H24ClNO5.2C2H6/c1-5-14(16(20)21)19(17(22)24-11(2)3)8-9-23-15-7-6-13(18)10-12(15)4;2*1-2/h6-7,10-11,14H,5,8-9H2,1-4H3,(H,20,21);2*1-2H3. The van der Waals surface area contributed by atoms with E-state index in [0.717, 1.165) is 5.56 Å². The average molecular weight is 418 g/mol. The van der Waals surface area contributed by atoms with E-state index < -0.39 is 18.1 Å². The number of nitrogens with zero attached hydrogens (tertiary/aromatic N) is 1. The minimum atomic E-state index is -1.07. The normalized spacial score (nSPS) is 10.6. The Morgan fingerprint density at radius 2 is 1.75 bits per heavy atom. The molecular weight excluding hydrogens is 382 g/mol. The van der Waals surface area contributed by atoms with Gasteiger partial charge in [-0.25, -0.2) is 9.59 Å². The van der Waals surface area contributed by atoms with Gasteiger partial charge in [0.05, 0.1) is 12.6 Å². The highest BCUT2D eigenvalue weighted by Crippen LogP contribution is 2.22. The molecular formula is C21H36ClNO5. The van der Waals surface area contributed by atoms with Crippen molar-refractivity contribution in [2.45, 2.75) is 74.0 Å². The number of carboxylic acid groups (broad SMARTS) is 1. The minimum absolute atomic E-state index is 0.110. The largest absolute Gasteiger partial charge is 0.491 e. The molecule has 7 heteroatoms. The molecule has 0 aromatic heterocycles. The maximum Gasteiger partial charge on any atom is 0.410 e. The van der Waals surface area contributed by atoms with Crippen molar-refractivity contribution in [1.82, 2.24) is 4.90 Å². The van der Waals surface area contributed by atoms with Crippen molar-refractivity contribution >= 4 is 23.7 Å². The Bertz CT molecular complexity index is 578. The molecule has 0 saturated carbocycles. The highest BCUT2D eigenvalue weighted by Gasteiger charge is 2.29. The maximum absolute atomic E-state index is 12.2. The summed E-state index contributed by atoms with van der Waals surface area (Å²) in [5.74, 6) is -0.430. The van der Waals surface area contributed by atoms with Crippen LogP contribution in [0.4, 0.5) is 4.79 Å². The molecule has 1 unspecified atom stereocenters. The van der Waals surface area contributed by atoms with Crippen molar-refractivity contribution in [2.24, 2.45) is 0 Å². The number of carboxylic acids is 1. The molecule has 0 heterocycles. The molecule has 6 nitrogen and oxygen atoms in total. The molecule has 0 aliphatic carbocycles. The van der Waals surface area contributed by atoms with Gasteiger partial charge in [0.15, 0.2) is 0 Å². The predicted molar refractivity (Wildman–Crippen MR) is 114 cm³/mol. The summed E-state index contributed by atoms with van der Waals surface area (Å²) in [7, 11) is 0. The number of aryl methyl sites for hydroxylation is 1. The summed E-state index contributed by atoms with van der Waals surface area (Å²) < 4.78 is 10.8. The number of hydrogen-bond acceptors (Lipinski definition) is 4. The Labute approximate surface area is 174 Å².